The number of nitrogens with zero attached hydrogens (tertiary/aromatic N) is 6. The summed E-state index contributed by atoms with van der Waals surface area (Å²) in [4.78, 5) is 27.5. The van der Waals surface area contributed by atoms with Gasteiger partial charge >= 0.3 is 0 Å². The molecule has 0 radical (unpaired) electrons. The number of aromatic nitrogens is 2. The van der Waals surface area contributed by atoms with Gasteiger partial charge in [-0.05, 0) is 51.2 Å². The fourth-order valence-corrected chi connectivity index (χ4v) is 5.96. The fourth-order valence-electron chi connectivity index (χ4n) is 5.96. The van der Waals surface area contributed by atoms with Crippen LogP contribution in [0.1, 0.15) is 69.2 Å². The minimum Gasteiger partial charge on any atom is -0.342 e. The second kappa shape index (κ2) is 6.24. The summed E-state index contributed by atoms with van der Waals surface area (Å²) < 4.78 is 0. The van der Waals surface area contributed by atoms with Crippen LogP contribution in [0, 0.1) is 28.1 Å². The average Bonchev–Trinajstić information content (AvgIpc) is 3.01. The van der Waals surface area contributed by atoms with Gasteiger partial charge in [0.15, 0.2) is 11.4 Å². The van der Waals surface area contributed by atoms with Crippen molar-refractivity contribution in [3.63, 3.8) is 0 Å². The zero-order chi connectivity index (χ0) is 21.2. The van der Waals surface area contributed by atoms with E-state index in [0.717, 1.165) is 38.0 Å². The molecule has 0 aromatic carbocycles. The second-order valence-corrected chi connectivity index (χ2v) is 9.65. The van der Waals surface area contributed by atoms with Crippen molar-refractivity contribution in [2.45, 2.75) is 63.3 Å². The predicted octanol–water partition coefficient (Wildman–Crippen LogP) is 2.10. The zero-order valence-electron chi connectivity index (χ0n) is 17.9. The highest BCUT2D eigenvalue weighted by Gasteiger charge is 2.73. The Morgan fingerprint density at radius 1 is 1.07 bits per heavy atom. The smallest absolute Gasteiger partial charge is 0.235 e. The lowest BCUT2D eigenvalue weighted by Crippen LogP contribution is -2.55. The van der Waals surface area contributed by atoms with Crippen LogP contribution >= 0.6 is 0 Å². The molecule has 1 aromatic rings. The molecule has 3 aliphatic rings. The van der Waals surface area contributed by atoms with Gasteiger partial charge in [-0.2, -0.15) is 10.5 Å². The Kier molecular flexibility index (Phi) is 4.26. The molecular weight excluding hydrogens is 364 g/mol. The first-order valence-corrected chi connectivity index (χ1v) is 10.3. The van der Waals surface area contributed by atoms with Crippen LogP contribution in [0.4, 0.5) is 0 Å². The van der Waals surface area contributed by atoms with Crippen molar-refractivity contribution in [2.75, 3.05) is 27.2 Å². The van der Waals surface area contributed by atoms with E-state index in [1.54, 1.807) is 0 Å². The van der Waals surface area contributed by atoms with Crippen LogP contribution in [0.5, 0.6) is 0 Å². The molecule has 29 heavy (non-hydrogen) atoms. The molecule has 0 spiro atoms. The third-order valence-electron chi connectivity index (χ3n) is 8.40. The van der Waals surface area contributed by atoms with E-state index in [-0.39, 0.29) is 28.8 Å². The number of likely N-dealkylation sites (N-methyl/N-ethyl adjacent to an activating group) is 1. The van der Waals surface area contributed by atoms with Gasteiger partial charge in [0.25, 0.3) is 0 Å². The minimum absolute atomic E-state index is 0.0207. The van der Waals surface area contributed by atoms with Crippen molar-refractivity contribution >= 4 is 5.91 Å². The maximum atomic E-state index is 14.1. The monoisotopic (exact) mass is 392 g/mol. The molecule has 7 nitrogen and oxygen atoms in total. The van der Waals surface area contributed by atoms with E-state index in [2.05, 4.69) is 42.7 Å². The third-order valence-corrected chi connectivity index (χ3v) is 8.40. The highest BCUT2D eigenvalue weighted by atomic mass is 16.2. The van der Waals surface area contributed by atoms with E-state index >= 15 is 0 Å². The van der Waals surface area contributed by atoms with E-state index in [9.17, 15) is 15.3 Å². The minimum atomic E-state index is -0.804. The number of hydrogen-bond donors (Lipinski definition) is 0. The largest absolute Gasteiger partial charge is 0.342 e. The Morgan fingerprint density at radius 2 is 1.62 bits per heavy atom. The number of amides is 1. The van der Waals surface area contributed by atoms with Gasteiger partial charge in [0.05, 0.1) is 16.8 Å². The fraction of sp³-hybridized carbons (Fsp3) is 0.682. The molecule has 152 valence electrons. The maximum absolute atomic E-state index is 14.1. The number of fused-ring (bicyclic) bond motifs is 5. The first-order chi connectivity index (χ1) is 13.6. The molecule has 4 rings (SSSR count). The topological polar surface area (TPSA) is 96.9 Å². The summed E-state index contributed by atoms with van der Waals surface area (Å²) in [6.45, 7) is 8.35. The number of carbonyl (C=O) groups excluding carboxylic acids is 1. The molecule has 7 heteroatoms. The number of likely N-dealkylation sites (tertiary alicyclic amines) is 1. The maximum Gasteiger partial charge on any atom is 0.235 e. The molecule has 2 bridgehead atoms. The van der Waals surface area contributed by atoms with Gasteiger partial charge in [-0.25, -0.2) is 9.97 Å². The van der Waals surface area contributed by atoms with Crippen LogP contribution in [-0.2, 0) is 15.6 Å². The number of rotatable bonds is 2. The summed E-state index contributed by atoms with van der Waals surface area (Å²) in [6, 6.07) is 4.22. The number of carbonyl (C=O) groups is 1. The number of nitriles is 2. The normalized spacial score (nSPS) is 30.4. The standard InChI is InChI=1S/C22H28N6O/c1-20(2)21(3)8-9-22(20,18-17(21)25-15(12-23)16(13-24)26-18)19(29)28(5)14-6-10-27(4)11-7-14/h14H,6-11H2,1-5H3. The molecule has 1 saturated heterocycles. The van der Waals surface area contributed by atoms with Crippen molar-refractivity contribution in [3.8, 4) is 12.1 Å². The Bertz CT molecular complexity index is 965. The summed E-state index contributed by atoms with van der Waals surface area (Å²) in [5.74, 6) is 0.0856. The lowest BCUT2D eigenvalue weighted by atomic mass is 9.63. The molecule has 0 N–H and O–H groups in total. The summed E-state index contributed by atoms with van der Waals surface area (Å²) in [5, 5.41) is 18.9. The van der Waals surface area contributed by atoms with E-state index < -0.39 is 10.8 Å². The summed E-state index contributed by atoms with van der Waals surface area (Å²) in [7, 11) is 4.03. The van der Waals surface area contributed by atoms with Crippen LogP contribution < -0.4 is 0 Å². The molecule has 1 amide bonds. The quantitative estimate of drug-likeness (QED) is 0.765. The lowest BCUT2D eigenvalue weighted by molar-refractivity contribution is -0.143. The first-order valence-electron chi connectivity index (χ1n) is 10.3. The van der Waals surface area contributed by atoms with E-state index in [4.69, 9.17) is 0 Å². The summed E-state index contributed by atoms with van der Waals surface area (Å²) in [5.41, 5.74) is -0.125. The molecule has 2 unspecified atom stereocenters. The predicted molar refractivity (Wildman–Crippen MR) is 107 cm³/mol. The van der Waals surface area contributed by atoms with E-state index in [1.165, 1.54) is 0 Å². The van der Waals surface area contributed by atoms with Crippen LogP contribution in [0.2, 0.25) is 0 Å². The van der Waals surface area contributed by atoms with Gasteiger partial charge in [0.2, 0.25) is 5.91 Å². The molecule has 2 heterocycles. The van der Waals surface area contributed by atoms with Gasteiger partial charge < -0.3 is 9.80 Å². The van der Waals surface area contributed by atoms with Crippen LogP contribution in [0.3, 0.4) is 0 Å². The molecule has 1 saturated carbocycles. The number of piperidine rings is 1. The van der Waals surface area contributed by atoms with Crippen molar-refractivity contribution in [3.05, 3.63) is 22.8 Å². The lowest BCUT2D eigenvalue weighted by Gasteiger charge is -2.44. The van der Waals surface area contributed by atoms with Gasteiger partial charge in [-0.3, -0.25) is 4.79 Å². The van der Waals surface area contributed by atoms with Gasteiger partial charge in [0.1, 0.15) is 12.1 Å². The average molecular weight is 393 g/mol. The number of hydrogen-bond acceptors (Lipinski definition) is 6. The van der Waals surface area contributed by atoms with Crippen molar-refractivity contribution in [1.82, 2.24) is 19.8 Å². The SMILES string of the molecule is CN1CCC(N(C)C(=O)C23CCC(C)(c4nc(C#N)c(C#N)nc42)C3(C)C)CC1. The van der Waals surface area contributed by atoms with Gasteiger partial charge in [-0.15, -0.1) is 0 Å². The first kappa shape index (κ1) is 19.8. The Labute approximate surface area is 172 Å². The highest BCUT2D eigenvalue weighted by Crippen LogP contribution is 2.70. The Balaban J connectivity index is 1.84. The molecule has 2 fully saturated rings. The van der Waals surface area contributed by atoms with Crippen LogP contribution in [0.15, 0.2) is 0 Å². The van der Waals surface area contributed by atoms with Crippen LogP contribution in [-0.4, -0.2) is 58.9 Å². The van der Waals surface area contributed by atoms with Crippen LogP contribution in [0.25, 0.3) is 0 Å². The van der Waals surface area contributed by atoms with Crippen molar-refractivity contribution < 1.29 is 4.79 Å². The Hall–Kier alpha value is -2.51. The summed E-state index contributed by atoms with van der Waals surface area (Å²) >= 11 is 0. The van der Waals surface area contributed by atoms with Gasteiger partial charge in [-0.1, -0.05) is 20.8 Å². The van der Waals surface area contributed by atoms with E-state index in [1.807, 2.05) is 24.1 Å². The summed E-state index contributed by atoms with van der Waals surface area (Å²) in [6.07, 6.45) is 3.44. The van der Waals surface area contributed by atoms with Crippen molar-refractivity contribution in [1.29, 1.82) is 10.5 Å². The molecule has 2 atom stereocenters. The molecule has 2 aliphatic carbocycles. The second-order valence-electron chi connectivity index (χ2n) is 9.65. The van der Waals surface area contributed by atoms with Crippen molar-refractivity contribution in [2.24, 2.45) is 5.41 Å². The highest BCUT2D eigenvalue weighted by molar-refractivity contribution is 5.92. The molecule has 1 aliphatic heterocycles. The molecular formula is C22H28N6O. The molecule has 1 aromatic heterocycles. The van der Waals surface area contributed by atoms with Gasteiger partial charge in [0, 0.05) is 18.5 Å². The zero-order valence-corrected chi connectivity index (χ0v) is 17.9. The third kappa shape index (κ3) is 2.28. The van der Waals surface area contributed by atoms with E-state index in [0.29, 0.717) is 12.1 Å². The Morgan fingerprint density at radius 3 is 2.17 bits per heavy atom.